The van der Waals surface area contributed by atoms with Gasteiger partial charge in [-0.05, 0) is 24.7 Å². The van der Waals surface area contributed by atoms with Crippen LogP contribution in [0, 0.1) is 0 Å². The van der Waals surface area contributed by atoms with Gasteiger partial charge in [-0.2, -0.15) is 0 Å². The van der Waals surface area contributed by atoms with Crippen LogP contribution in [0.2, 0.25) is 0 Å². The van der Waals surface area contributed by atoms with Gasteiger partial charge in [0.25, 0.3) is 0 Å². The molecule has 0 saturated carbocycles. The molecular formula is C15H22N2O2. The fourth-order valence-corrected chi connectivity index (χ4v) is 3.05. The summed E-state index contributed by atoms with van der Waals surface area (Å²) in [6, 6.07) is 8.91. The van der Waals surface area contributed by atoms with E-state index in [-0.39, 0.29) is 0 Å². The van der Waals surface area contributed by atoms with Crippen LogP contribution in [0.25, 0.3) is 0 Å². The highest BCUT2D eigenvalue weighted by Crippen LogP contribution is 2.23. The maximum absolute atomic E-state index is 5.87. The van der Waals surface area contributed by atoms with E-state index >= 15 is 0 Å². The molecule has 104 valence electrons. The largest absolute Gasteiger partial charge is 0.497 e. The first-order valence-electron chi connectivity index (χ1n) is 6.93. The summed E-state index contributed by atoms with van der Waals surface area (Å²) >= 11 is 0. The normalized spacial score (nSPS) is 28.3. The quantitative estimate of drug-likeness (QED) is 0.817. The molecule has 2 heterocycles. The third-order valence-corrected chi connectivity index (χ3v) is 4.22. The van der Waals surface area contributed by atoms with Gasteiger partial charge < -0.3 is 9.47 Å². The van der Waals surface area contributed by atoms with Gasteiger partial charge in [0, 0.05) is 32.2 Å². The summed E-state index contributed by atoms with van der Waals surface area (Å²) in [6.07, 6.45) is 0.386. The van der Waals surface area contributed by atoms with Crippen molar-refractivity contribution in [3.8, 4) is 5.75 Å². The molecule has 0 N–H and O–H groups in total. The second kappa shape index (κ2) is 5.49. The average Bonchev–Trinajstić information content (AvgIpc) is 2.84. The van der Waals surface area contributed by atoms with Crippen molar-refractivity contribution in [3.05, 3.63) is 29.8 Å². The van der Waals surface area contributed by atoms with Crippen LogP contribution >= 0.6 is 0 Å². The second-order valence-electron chi connectivity index (χ2n) is 5.50. The van der Waals surface area contributed by atoms with Crippen molar-refractivity contribution in [3.63, 3.8) is 0 Å². The number of fused-ring (bicyclic) bond motifs is 1. The first-order chi connectivity index (χ1) is 9.26. The summed E-state index contributed by atoms with van der Waals surface area (Å²) < 4.78 is 11.1. The van der Waals surface area contributed by atoms with Crippen molar-refractivity contribution in [1.29, 1.82) is 0 Å². The predicted octanol–water partition coefficient (Wildman–Crippen LogP) is 1.21. The van der Waals surface area contributed by atoms with E-state index in [4.69, 9.17) is 9.47 Å². The number of morpholine rings is 1. The van der Waals surface area contributed by atoms with Crippen LogP contribution in [-0.2, 0) is 11.3 Å². The van der Waals surface area contributed by atoms with E-state index in [2.05, 4.69) is 29.0 Å². The van der Waals surface area contributed by atoms with Gasteiger partial charge in [0.1, 0.15) is 5.75 Å². The minimum absolute atomic E-state index is 0.386. The molecule has 0 amide bonds. The van der Waals surface area contributed by atoms with Crippen molar-refractivity contribution in [2.75, 3.05) is 40.4 Å². The third kappa shape index (κ3) is 2.76. The Balaban J connectivity index is 1.61. The van der Waals surface area contributed by atoms with E-state index in [1.54, 1.807) is 7.11 Å². The van der Waals surface area contributed by atoms with E-state index in [1.165, 1.54) is 5.56 Å². The van der Waals surface area contributed by atoms with E-state index in [0.717, 1.165) is 38.5 Å². The number of methoxy groups -OCH3 is 1. The summed E-state index contributed by atoms with van der Waals surface area (Å²) in [5.41, 5.74) is 1.34. The molecule has 0 spiro atoms. The van der Waals surface area contributed by atoms with Gasteiger partial charge in [0.15, 0.2) is 0 Å². The molecule has 4 nitrogen and oxygen atoms in total. The fourth-order valence-electron chi connectivity index (χ4n) is 3.05. The molecule has 19 heavy (non-hydrogen) atoms. The molecular weight excluding hydrogens is 240 g/mol. The molecule has 0 radical (unpaired) electrons. The summed E-state index contributed by atoms with van der Waals surface area (Å²) in [4.78, 5) is 4.92. The van der Waals surface area contributed by atoms with E-state index in [9.17, 15) is 0 Å². The number of rotatable bonds is 3. The van der Waals surface area contributed by atoms with Gasteiger partial charge in [-0.15, -0.1) is 0 Å². The van der Waals surface area contributed by atoms with Crippen molar-refractivity contribution in [2.24, 2.45) is 0 Å². The molecule has 4 heteroatoms. The lowest BCUT2D eigenvalue weighted by Crippen LogP contribution is -2.48. The SMILES string of the molecule is COc1ccc(CN2C[C@H]3OCCN(C)[C@H]3C2)cc1. The predicted molar refractivity (Wildman–Crippen MR) is 74.4 cm³/mol. The van der Waals surface area contributed by atoms with Crippen LogP contribution < -0.4 is 4.74 Å². The first kappa shape index (κ1) is 12.9. The van der Waals surface area contributed by atoms with Gasteiger partial charge in [0.05, 0.1) is 19.8 Å². The molecule has 0 aromatic heterocycles. The number of nitrogens with zero attached hydrogens (tertiary/aromatic N) is 2. The Bertz CT molecular complexity index is 421. The topological polar surface area (TPSA) is 24.9 Å². The summed E-state index contributed by atoms with van der Waals surface area (Å²) in [7, 11) is 3.91. The molecule has 2 aliphatic rings. The molecule has 3 rings (SSSR count). The molecule has 2 fully saturated rings. The Kier molecular flexibility index (Phi) is 3.73. The Morgan fingerprint density at radius 3 is 2.74 bits per heavy atom. The number of benzene rings is 1. The standard InChI is InChI=1S/C15H22N2O2/c1-16-7-8-19-15-11-17(10-14(15)16)9-12-3-5-13(18-2)6-4-12/h3-6,14-15H,7-11H2,1-2H3/t14-,15+/m0/s1. The smallest absolute Gasteiger partial charge is 0.118 e. The van der Waals surface area contributed by atoms with Crippen LogP contribution in [0.5, 0.6) is 5.75 Å². The van der Waals surface area contributed by atoms with Crippen molar-refractivity contribution in [2.45, 2.75) is 18.7 Å². The van der Waals surface area contributed by atoms with Gasteiger partial charge in [0.2, 0.25) is 0 Å². The molecule has 2 atom stereocenters. The maximum Gasteiger partial charge on any atom is 0.118 e. The van der Waals surface area contributed by atoms with Crippen LogP contribution in [-0.4, -0.2) is 62.3 Å². The van der Waals surface area contributed by atoms with E-state index < -0.39 is 0 Å². The van der Waals surface area contributed by atoms with Gasteiger partial charge in [-0.1, -0.05) is 12.1 Å². The number of likely N-dealkylation sites (tertiary alicyclic amines) is 1. The lowest BCUT2D eigenvalue weighted by atomic mass is 10.1. The molecule has 0 aliphatic carbocycles. The van der Waals surface area contributed by atoms with Crippen LogP contribution in [0.3, 0.4) is 0 Å². The number of ether oxygens (including phenoxy) is 2. The lowest BCUT2D eigenvalue weighted by Gasteiger charge is -2.33. The molecule has 1 aromatic carbocycles. The fraction of sp³-hybridized carbons (Fsp3) is 0.600. The Labute approximate surface area is 114 Å². The zero-order valence-corrected chi connectivity index (χ0v) is 11.7. The third-order valence-electron chi connectivity index (χ3n) is 4.22. The van der Waals surface area contributed by atoms with Gasteiger partial charge in [-0.25, -0.2) is 0 Å². The molecule has 2 aliphatic heterocycles. The summed E-state index contributed by atoms with van der Waals surface area (Å²) in [6.45, 7) is 5.06. The Morgan fingerprint density at radius 1 is 1.26 bits per heavy atom. The van der Waals surface area contributed by atoms with Gasteiger partial charge in [-0.3, -0.25) is 9.80 Å². The first-order valence-corrected chi connectivity index (χ1v) is 6.93. The number of hydrogen-bond donors (Lipinski definition) is 0. The summed E-state index contributed by atoms with van der Waals surface area (Å²) in [5.74, 6) is 0.918. The van der Waals surface area contributed by atoms with Crippen LogP contribution in [0.15, 0.2) is 24.3 Å². The monoisotopic (exact) mass is 262 g/mol. The minimum atomic E-state index is 0.386. The summed E-state index contributed by atoms with van der Waals surface area (Å²) in [5, 5.41) is 0. The number of likely N-dealkylation sites (N-methyl/N-ethyl adjacent to an activating group) is 1. The zero-order valence-electron chi connectivity index (χ0n) is 11.7. The van der Waals surface area contributed by atoms with E-state index in [1.807, 2.05) is 12.1 Å². The Morgan fingerprint density at radius 2 is 2.05 bits per heavy atom. The molecule has 0 bridgehead atoms. The van der Waals surface area contributed by atoms with E-state index in [0.29, 0.717) is 12.1 Å². The number of hydrogen-bond acceptors (Lipinski definition) is 4. The second-order valence-corrected chi connectivity index (χ2v) is 5.50. The maximum atomic E-state index is 5.87. The van der Waals surface area contributed by atoms with Crippen LogP contribution in [0.1, 0.15) is 5.56 Å². The van der Waals surface area contributed by atoms with Crippen molar-refractivity contribution in [1.82, 2.24) is 9.80 Å². The minimum Gasteiger partial charge on any atom is -0.497 e. The highest BCUT2D eigenvalue weighted by atomic mass is 16.5. The van der Waals surface area contributed by atoms with Crippen LogP contribution in [0.4, 0.5) is 0 Å². The van der Waals surface area contributed by atoms with Crippen molar-refractivity contribution >= 4 is 0 Å². The lowest BCUT2D eigenvalue weighted by molar-refractivity contribution is -0.0370. The van der Waals surface area contributed by atoms with Crippen molar-refractivity contribution < 1.29 is 9.47 Å². The highest BCUT2D eigenvalue weighted by molar-refractivity contribution is 5.27. The van der Waals surface area contributed by atoms with Gasteiger partial charge >= 0.3 is 0 Å². The Hall–Kier alpha value is -1.10. The molecule has 0 unspecified atom stereocenters. The zero-order chi connectivity index (χ0) is 13.2. The molecule has 1 aromatic rings. The average molecular weight is 262 g/mol. The molecule has 2 saturated heterocycles. The highest BCUT2D eigenvalue weighted by Gasteiger charge is 2.38.